The molecule has 1 aromatic carbocycles. The molecule has 0 bridgehead atoms. The van der Waals surface area contributed by atoms with Crippen LogP contribution in [0.1, 0.15) is 25.7 Å². The van der Waals surface area contributed by atoms with Crippen LogP contribution in [-0.2, 0) is 4.74 Å². The molecule has 27 heavy (non-hydrogen) atoms. The lowest BCUT2D eigenvalue weighted by Gasteiger charge is -2.37. The summed E-state index contributed by atoms with van der Waals surface area (Å²) in [6, 6.07) is 7.78. The maximum absolute atomic E-state index is 5.98. The number of halogens is 1. The van der Waals surface area contributed by atoms with Crippen molar-refractivity contribution in [2.45, 2.75) is 25.7 Å². The van der Waals surface area contributed by atoms with Gasteiger partial charge in [-0.3, -0.25) is 0 Å². The minimum absolute atomic E-state index is 0.740. The first-order valence-corrected chi connectivity index (χ1v) is 10.9. The second kappa shape index (κ2) is 7.41. The minimum atomic E-state index is 0.740. The molecule has 0 N–H and O–H groups in total. The minimum Gasteiger partial charge on any atom is -0.381 e. The molecule has 0 radical (unpaired) electrons. The first kappa shape index (κ1) is 17.5. The fourth-order valence-corrected chi connectivity index (χ4v) is 5.39. The number of benzene rings is 1. The van der Waals surface area contributed by atoms with E-state index in [1.165, 1.54) is 25.7 Å². The second-order valence-electron chi connectivity index (χ2n) is 7.52. The van der Waals surface area contributed by atoms with E-state index < -0.39 is 0 Å². The number of fused-ring (bicyclic) bond motifs is 1. The number of piperidine rings is 1. The zero-order valence-corrected chi connectivity index (χ0v) is 16.8. The molecule has 2 aliphatic rings. The van der Waals surface area contributed by atoms with Crippen molar-refractivity contribution in [1.29, 1.82) is 0 Å². The summed E-state index contributed by atoms with van der Waals surface area (Å²) in [5, 5.41) is 6.62. The van der Waals surface area contributed by atoms with Gasteiger partial charge in [0.15, 0.2) is 0 Å². The smallest absolute Gasteiger partial charge is 0.214 e. The van der Waals surface area contributed by atoms with Gasteiger partial charge in [-0.15, -0.1) is 5.10 Å². The Kier molecular flexibility index (Phi) is 4.80. The standard InChI is InChI=1S/C20H23ClN4OS/c21-17-3-1-16(2-4-17)18-13-25-19(22-18)27-20(23-25)24-9-5-14(6-10-24)15-7-11-26-12-8-15/h1-4,13-15H,5-12H2. The van der Waals surface area contributed by atoms with Crippen molar-refractivity contribution < 1.29 is 4.74 Å². The Labute approximate surface area is 167 Å². The number of aromatic nitrogens is 3. The van der Waals surface area contributed by atoms with Gasteiger partial charge in [0, 0.05) is 36.9 Å². The van der Waals surface area contributed by atoms with E-state index in [-0.39, 0.29) is 0 Å². The van der Waals surface area contributed by atoms with Gasteiger partial charge in [0.1, 0.15) is 0 Å². The molecule has 0 spiro atoms. The first-order chi connectivity index (χ1) is 13.3. The van der Waals surface area contributed by atoms with E-state index in [0.717, 1.165) is 64.5 Å². The third-order valence-electron chi connectivity index (χ3n) is 5.92. The Morgan fingerprint density at radius 1 is 1.00 bits per heavy atom. The van der Waals surface area contributed by atoms with E-state index in [2.05, 4.69) is 4.90 Å². The Bertz CT molecular complexity index is 876. The summed E-state index contributed by atoms with van der Waals surface area (Å²) >= 11 is 7.66. The molecule has 2 aliphatic heterocycles. The third-order valence-corrected chi connectivity index (χ3v) is 7.15. The summed E-state index contributed by atoms with van der Waals surface area (Å²) in [7, 11) is 0. The van der Waals surface area contributed by atoms with E-state index >= 15 is 0 Å². The molecule has 7 heteroatoms. The normalized spacial score (nSPS) is 19.8. The van der Waals surface area contributed by atoms with Crippen LogP contribution in [0.15, 0.2) is 30.5 Å². The van der Waals surface area contributed by atoms with Crippen LogP contribution < -0.4 is 4.90 Å². The predicted molar refractivity (Wildman–Crippen MR) is 110 cm³/mol. The summed E-state index contributed by atoms with van der Waals surface area (Å²) in [5.41, 5.74) is 2.01. The van der Waals surface area contributed by atoms with Crippen molar-refractivity contribution in [3.63, 3.8) is 0 Å². The van der Waals surface area contributed by atoms with Crippen molar-refractivity contribution in [2.75, 3.05) is 31.2 Å². The molecular formula is C20H23ClN4OS. The fourth-order valence-electron chi connectivity index (χ4n) is 4.33. The zero-order chi connectivity index (χ0) is 18.2. The quantitative estimate of drug-likeness (QED) is 0.633. The van der Waals surface area contributed by atoms with Gasteiger partial charge >= 0.3 is 0 Å². The molecule has 3 aromatic rings. The van der Waals surface area contributed by atoms with Gasteiger partial charge in [0.25, 0.3) is 0 Å². The molecule has 0 saturated carbocycles. The third kappa shape index (κ3) is 3.58. The molecule has 142 valence electrons. The molecule has 5 rings (SSSR count). The summed E-state index contributed by atoms with van der Waals surface area (Å²) in [6.45, 7) is 4.10. The van der Waals surface area contributed by atoms with E-state index in [1.807, 2.05) is 35.0 Å². The van der Waals surface area contributed by atoms with Gasteiger partial charge in [-0.1, -0.05) is 35.1 Å². The number of nitrogens with zero attached hydrogens (tertiary/aromatic N) is 4. The largest absolute Gasteiger partial charge is 0.381 e. The number of rotatable bonds is 3. The molecule has 4 heterocycles. The Morgan fingerprint density at radius 3 is 2.41 bits per heavy atom. The van der Waals surface area contributed by atoms with E-state index in [4.69, 9.17) is 26.4 Å². The highest BCUT2D eigenvalue weighted by molar-refractivity contribution is 7.20. The predicted octanol–water partition coefficient (Wildman–Crippen LogP) is 4.75. The van der Waals surface area contributed by atoms with Gasteiger partial charge in [-0.05, 0) is 49.7 Å². The molecule has 0 atom stereocenters. The second-order valence-corrected chi connectivity index (χ2v) is 8.89. The van der Waals surface area contributed by atoms with Crippen molar-refractivity contribution >= 4 is 33.0 Å². The molecule has 0 unspecified atom stereocenters. The Balaban J connectivity index is 1.27. The maximum atomic E-state index is 5.98. The highest BCUT2D eigenvalue weighted by Gasteiger charge is 2.29. The van der Waals surface area contributed by atoms with Gasteiger partial charge in [-0.25, -0.2) is 9.50 Å². The number of hydrogen-bond acceptors (Lipinski definition) is 5. The molecule has 0 aliphatic carbocycles. The van der Waals surface area contributed by atoms with E-state index in [1.54, 1.807) is 11.3 Å². The van der Waals surface area contributed by atoms with Crippen LogP contribution in [-0.4, -0.2) is 40.9 Å². The van der Waals surface area contributed by atoms with Gasteiger partial charge in [0.2, 0.25) is 10.1 Å². The van der Waals surface area contributed by atoms with Crippen LogP contribution in [0.4, 0.5) is 5.13 Å². The highest BCUT2D eigenvalue weighted by atomic mass is 35.5. The van der Waals surface area contributed by atoms with Gasteiger partial charge in [-0.2, -0.15) is 0 Å². The summed E-state index contributed by atoms with van der Waals surface area (Å²) in [4.78, 5) is 8.13. The van der Waals surface area contributed by atoms with Crippen LogP contribution in [0.3, 0.4) is 0 Å². The van der Waals surface area contributed by atoms with Crippen LogP contribution in [0.5, 0.6) is 0 Å². The highest BCUT2D eigenvalue weighted by Crippen LogP contribution is 2.35. The molecule has 2 saturated heterocycles. The maximum Gasteiger partial charge on any atom is 0.214 e. The van der Waals surface area contributed by atoms with Crippen molar-refractivity contribution in [3.05, 3.63) is 35.5 Å². The lowest BCUT2D eigenvalue weighted by atomic mass is 9.80. The molecule has 0 amide bonds. The van der Waals surface area contributed by atoms with Crippen LogP contribution in [0, 0.1) is 11.8 Å². The SMILES string of the molecule is Clc1ccc(-c2cn3nc(N4CCC(C5CCOCC5)CC4)sc3n2)cc1. The summed E-state index contributed by atoms with van der Waals surface area (Å²) in [5.74, 6) is 1.71. The van der Waals surface area contributed by atoms with E-state index in [9.17, 15) is 0 Å². The molecular weight excluding hydrogens is 380 g/mol. The Hall–Kier alpha value is -1.63. The average molecular weight is 403 g/mol. The summed E-state index contributed by atoms with van der Waals surface area (Å²) in [6.07, 6.45) is 7.02. The van der Waals surface area contributed by atoms with Gasteiger partial charge in [0.05, 0.1) is 11.9 Å². The van der Waals surface area contributed by atoms with Crippen LogP contribution >= 0.6 is 22.9 Å². The van der Waals surface area contributed by atoms with Crippen molar-refractivity contribution in [2.24, 2.45) is 11.8 Å². The first-order valence-electron chi connectivity index (χ1n) is 9.71. The molecule has 5 nitrogen and oxygen atoms in total. The molecule has 2 aromatic heterocycles. The monoisotopic (exact) mass is 402 g/mol. The van der Waals surface area contributed by atoms with E-state index in [0.29, 0.717) is 0 Å². The van der Waals surface area contributed by atoms with Crippen LogP contribution in [0.25, 0.3) is 16.2 Å². The number of hydrogen-bond donors (Lipinski definition) is 0. The fraction of sp³-hybridized carbons (Fsp3) is 0.500. The number of anilines is 1. The average Bonchev–Trinajstić information content (AvgIpc) is 3.29. The van der Waals surface area contributed by atoms with Crippen molar-refractivity contribution in [1.82, 2.24) is 14.6 Å². The zero-order valence-electron chi connectivity index (χ0n) is 15.2. The number of imidazole rings is 1. The Morgan fingerprint density at radius 2 is 1.70 bits per heavy atom. The lowest BCUT2D eigenvalue weighted by Crippen LogP contribution is -2.37. The molecule has 2 fully saturated rings. The lowest BCUT2D eigenvalue weighted by molar-refractivity contribution is 0.0419. The van der Waals surface area contributed by atoms with Crippen molar-refractivity contribution in [3.8, 4) is 11.3 Å². The number of ether oxygens (including phenoxy) is 1. The topological polar surface area (TPSA) is 42.7 Å². The van der Waals surface area contributed by atoms with Gasteiger partial charge < -0.3 is 9.64 Å². The van der Waals surface area contributed by atoms with Crippen LogP contribution in [0.2, 0.25) is 5.02 Å². The summed E-state index contributed by atoms with van der Waals surface area (Å²) < 4.78 is 7.43.